The Morgan fingerprint density at radius 1 is 0.848 bits per heavy atom. The van der Waals surface area contributed by atoms with Crippen molar-refractivity contribution in [2.24, 2.45) is 5.92 Å². The first kappa shape index (κ1) is 23.4. The van der Waals surface area contributed by atoms with E-state index in [4.69, 9.17) is 0 Å². The molecule has 0 saturated carbocycles. The van der Waals surface area contributed by atoms with Gasteiger partial charge in [-0.1, -0.05) is 18.2 Å². The summed E-state index contributed by atoms with van der Waals surface area (Å²) in [6.45, 7) is 3.79. The van der Waals surface area contributed by atoms with E-state index < -0.39 is 10.0 Å². The zero-order valence-corrected chi connectivity index (χ0v) is 19.6. The molecule has 0 radical (unpaired) electrons. The Bertz CT molecular complexity index is 1070. The molecule has 4 rings (SSSR count). The number of carbonyl (C=O) groups is 2. The largest absolute Gasteiger partial charge is 0.336 e. The molecule has 2 aromatic carbocycles. The first-order valence-corrected chi connectivity index (χ1v) is 12.7. The number of hydrogen-bond donors (Lipinski definition) is 1. The Hall–Kier alpha value is -2.75. The molecule has 9 heteroatoms. The van der Waals surface area contributed by atoms with Gasteiger partial charge in [0.25, 0.3) is 5.91 Å². The number of hydrogen-bond acceptors (Lipinski definition) is 5. The van der Waals surface area contributed by atoms with Crippen LogP contribution in [0.15, 0.2) is 59.5 Å². The van der Waals surface area contributed by atoms with Crippen LogP contribution in [0.1, 0.15) is 23.2 Å². The van der Waals surface area contributed by atoms with Gasteiger partial charge in [0, 0.05) is 56.4 Å². The van der Waals surface area contributed by atoms with Crippen molar-refractivity contribution in [1.82, 2.24) is 14.1 Å². The highest BCUT2D eigenvalue weighted by Crippen LogP contribution is 2.25. The molecule has 2 aliphatic heterocycles. The van der Waals surface area contributed by atoms with Crippen LogP contribution in [0.25, 0.3) is 0 Å². The number of nitrogens with one attached hydrogen (secondary N) is 1. The van der Waals surface area contributed by atoms with E-state index in [1.54, 1.807) is 54.6 Å². The van der Waals surface area contributed by atoms with E-state index >= 15 is 0 Å². The highest BCUT2D eigenvalue weighted by molar-refractivity contribution is 7.89. The van der Waals surface area contributed by atoms with Crippen molar-refractivity contribution in [1.29, 1.82) is 0 Å². The molecular weight excluding hydrogens is 440 g/mol. The molecule has 0 spiro atoms. The Labute approximate surface area is 195 Å². The van der Waals surface area contributed by atoms with Crippen LogP contribution >= 0.6 is 0 Å². The molecule has 2 aliphatic rings. The number of likely N-dealkylation sites (N-methyl/N-ethyl adjacent to an activating group) is 1. The van der Waals surface area contributed by atoms with E-state index in [2.05, 4.69) is 10.2 Å². The maximum absolute atomic E-state index is 12.8. The van der Waals surface area contributed by atoms with Crippen LogP contribution in [-0.2, 0) is 14.8 Å². The average molecular weight is 471 g/mol. The van der Waals surface area contributed by atoms with Crippen LogP contribution in [0.5, 0.6) is 0 Å². The van der Waals surface area contributed by atoms with Crippen LogP contribution in [0, 0.1) is 5.92 Å². The second kappa shape index (κ2) is 10.0. The molecule has 2 heterocycles. The molecular formula is C24H30N4O4S. The van der Waals surface area contributed by atoms with Gasteiger partial charge in [-0.15, -0.1) is 0 Å². The van der Waals surface area contributed by atoms with Crippen LogP contribution in [0.3, 0.4) is 0 Å². The van der Waals surface area contributed by atoms with Gasteiger partial charge in [-0.3, -0.25) is 9.59 Å². The summed E-state index contributed by atoms with van der Waals surface area (Å²) < 4.78 is 27.0. The molecule has 0 bridgehead atoms. The number of nitrogens with zero attached hydrogens (tertiary/aromatic N) is 3. The smallest absolute Gasteiger partial charge is 0.253 e. The summed E-state index contributed by atoms with van der Waals surface area (Å²) in [5.41, 5.74) is 1.24. The maximum Gasteiger partial charge on any atom is 0.253 e. The third-order valence-corrected chi connectivity index (χ3v) is 8.31. The number of rotatable bonds is 5. The molecule has 0 unspecified atom stereocenters. The van der Waals surface area contributed by atoms with E-state index in [9.17, 15) is 18.0 Å². The molecule has 176 valence electrons. The molecule has 0 atom stereocenters. The summed E-state index contributed by atoms with van der Waals surface area (Å²) in [6.07, 6.45) is 0.940. The summed E-state index contributed by atoms with van der Waals surface area (Å²) in [7, 11) is -1.49. The molecule has 2 amide bonds. The monoisotopic (exact) mass is 470 g/mol. The van der Waals surface area contributed by atoms with Gasteiger partial charge in [0.1, 0.15) is 0 Å². The van der Waals surface area contributed by atoms with Gasteiger partial charge in [0.05, 0.1) is 4.90 Å². The summed E-state index contributed by atoms with van der Waals surface area (Å²) in [4.78, 5) is 29.7. The number of piperidine rings is 1. The SMILES string of the molecule is CN1CCN(C(=O)c2ccc(NC(=O)C3CCN(S(=O)(=O)c4ccccc4)CC3)cc2)CC1. The lowest BCUT2D eigenvalue weighted by molar-refractivity contribution is -0.120. The van der Waals surface area contributed by atoms with E-state index in [0.29, 0.717) is 50.3 Å². The van der Waals surface area contributed by atoms with E-state index in [1.807, 2.05) is 11.9 Å². The van der Waals surface area contributed by atoms with Crippen molar-refractivity contribution in [3.8, 4) is 0 Å². The van der Waals surface area contributed by atoms with E-state index in [-0.39, 0.29) is 22.6 Å². The normalized spacial score (nSPS) is 18.8. The molecule has 33 heavy (non-hydrogen) atoms. The minimum absolute atomic E-state index is 0.00738. The highest BCUT2D eigenvalue weighted by Gasteiger charge is 2.32. The Morgan fingerprint density at radius 3 is 2.06 bits per heavy atom. The molecule has 8 nitrogen and oxygen atoms in total. The van der Waals surface area contributed by atoms with Crippen molar-refractivity contribution >= 4 is 27.5 Å². The molecule has 2 saturated heterocycles. The quantitative estimate of drug-likeness (QED) is 0.723. The number of amides is 2. The van der Waals surface area contributed by atoms with Crippen LogP contribution in [0.2, 0.25) is 0 Å². The molecule has 2 fully saturated rings. The first-order chi connectivity index (χ1) is 15.8. The van der Waals surface area contributed by atoms with Crippen LogP contribution in [0.4, 0.5) is 5.69 Å². The number of anilines is 1. The van der Waals surface area contributed by atoms with E-state index in [0.717, 1.165) is 13.1 Å². The van der Waals surface area contributed by atoms with Crippen molar-refractivity contribution in [3.63, 3.8) is 0 Å². The zero-order chi connectivity index (χ0) is 23.4. The predicted molar refractivity (Wildman–Crippen MR) is 126 cm³/mol. The summed E-state index contributed by atoms with van der Waals surface area (Å²) >= 11 is 0. The van der Waals surface area contributed by atoms with Gasteiger partial charge >= 0.3 is 0 Å². The maximum atomic E-state index is 12.8. The Morgan fingerprint density at radius 2 is 1.45 bits per heavy atom. The first-order valence-electron chi connectivity index (χ1n) is 11.3. The fraction of sp³-hybridized carbons (Fsp3) is 0.417. The van der Waals surface area contributed by atoms with Gasteiger partial charge in [0.2, 0.25) is 15.9 Å². The van der Waals surface area contributed by atoms with Gasteiger partial charge < -0.3 is 15.1 Å². The highest BCUT2D eigenvalue weighted by atomic mass is 32.2. The fourth-order valence-electron chi connectivity index (χ4n) is 4.23. The minimum Gasteiger partial charge on any atom is -0.336 e. The molecule has 0 aromatic heterocycles. The molecule has 0 aliphatic carbocycles. The number of piperazine rings is 1. The molecule has 2 aromatic rings. The Balaban J connectivity index is 1.30. The lowest BCUT2D eigenvalue weighted by Gasteiger charge is -2.32. The summed E-state index contributed by atoms with van der Waals surface area (Å²) in [6, 6.07) is 15.3. The van der Waals surface area contributed by atoms with Gasteiger partial charge in [0.15, 0.2) is 0 Å². The summed E-state index contributed by atoms with van der Waals surface area (Å²) in [5.74, 6) is -0.364. The van der Waals surface area contributed by atoms with Crippen molar-refractivity contribution in [3.05, 3.63) is 60.2 Å². The lowest BCUT2D eigenvalue weighted by Crippen LogP contribution is -2.47. The van der Waals surface area contributed by atoms with Crippen molar-refractivity contribution < 1.29 is 18.0 Å². The summed E-state index contributed by atoms with van der Waals surface area (Å²) in [5, 5.41) is 2.91. The predicted octanol–water partition coefficient (Wildman–Crippen LogP) is 2.11. The van der Waals surface area contributed by atoms with E-state index in [1.165, 1.54) is 4.31 Å². The average Bonchev–Trinajstić information content (AvgIpc) is 2.85. The second-order valence-corrected chi connectivity index (χ2v) is 10.6. The van der Waals surface area contributed by atoms with Gasteiger partial charge in [-0.05, 0) is 56.3 Å². The van der Waals surface area contributed by atoms with Gasteiger partial charge in [-0.25, -0.2) is 8.42 Å². The Kier molecular flexibility index (Phi) is 7.11. The standard InChI is InChI=1S/C24H30N4O4S/c1-26-15-17-27(18-16-26)24(30)20-7-9-21(10-8-20)25-23(29)19-11-13-28(14-12-19)33(31,32)22-5-3-2-4-6-22/h2-10,19H,11-18H2,1H3,(H,25,29). The van der Waals surface area contributed by atoms with Crippen LogP contribution < -0.4 is 5.32 Å². The number of benzene rings is 2. The molecule has 1 N–H and O–H groups in total. The third-order valence-electron chi connectivity index (χ3n) is 6.40. The second-order valence-electron chi connectivity index (χ2n) is 8.65. The van der Waals surface area contributed by atoms with Crippen molar-refractivity contribution in [2.75, 3.05) is 51.6 Å². The number of carbonyl (C=O) groups excluding carboxylic acids is 2. The van der Waals surface area contributed by atoms with Crippen molar-refractivity contribution in [2.45, 2.75) is 17.7 Å². The third kappa shape index (κ3) is 5.43. The van der Waals surface area contributed by atoms with Gasteiger partial charge in [-0.2, -0.15) is 4.31 Å². The lowest BCUT2D eigenvalue weighted by atomic mass is 9.97. The zero-order valence-electron chi connectivity index (χ0n) is 18.8. The minimum atomic E-state index is -3.53. The topological polar surface area (TPSA) is 90.0 Å². The fourth-order valence-corrected chi connectivity index (χ4v) is 5.72. The number of sulfonamides is 1. The van der Waals surface area contributed by atoms with Crippen LogP contribution in [-0.4, -0.2) is 80.7 Å².